The van der Waals surface area contributed by atoms with E-state index < -0.39 is 0 Å². The van der Waals surface area contributed by atoms with Gasteiger partial charge < -0.3 is 5.32 Å². The van der Waals surface area contributed by atoms with Crippen LogP contribution in [0, 0.1) is 20.8 Å². The van der Waals surface area contributed by atoms with E-state index in [0.717, 1.165) is 17.1 Å². The number of H-pyrrole nitrogens is 1. The molecule has 0 aliphatic rings. The summed E-state index contributed by atoms with van der Waals surface area (Å²) in [4.78, 5) is 16.3. The van der Waals surface area contributed by atoms with Crippen LogP contribution in [0.5, 0.6) is 0 Å². The van der Waals surface area contributed by atoms with E-state index in [1.54, 1.807) is 0 Å². The maximum absolute atomic E-state index is 12.0. The Labute approximate surface area is 106 Å². The van der Waals surface area contributed by atoms with E-state index >= 15 is 0 Å². The van der Waals surface area contributed by atoms with Gasteiger partial charge in [-0.1, -0.05) is 6.07 Å². The van der Waals surface area contributed by atoms with Gasteiger partial charge in [0.15, 0.2) is 0 Å². The maximum atomic E-state index is 12.0. The Morgan fingerprint density at radius 3 is 2.72 bits per heavy atom. The summed E-state index contributed by atoms with van der Waals surface area (Å²) in [5.74, 6) is -0.123. The Bertz CT molecular complexity index is 555. The summed E-state index contributed by atoms with van der Waals surface area (Å²) in [7, 11) is 0. The van der Waals surface area contributed by atoms with Crippen LogP contribution in [-0.2, 0) is 6.54 Å². The molecule has 94 valence electrons. The van der Waals surface area contributed by atoms with E-state index in [9.17, 15) is 4.79 Å². The molecule has 0 unspecified atom stereocenters. The molecule has 0 saturated heterocycles. The molecule has 2 N–H and O–H groups in total. The summed E-state index contributed by atoms with van der Waals surface area (Å²) >= 11 is 0. The first-order valence-corrected chi connectivity index (χ1v) is 5.80. The highest BCUT2D eigenvalue weighted by Gasteiger charge is 2.14. The third-order valence-corrected chi connectivity index (χ3v) is 2.73. The highest BCUT2D eigenvalue weighted by molar-refractivity contribution is 5.96. The van der Waals surface area contributed by atoms with Crippen molar-refractivity contribution in [1.29, 1.82) is 0 Å². The average molecular weight is 244 g/mol. The molecule has 0 aromatic carbocycles. The molecule has 0 aliphatic heterocycles. The van der Waals surface area contributed by atoms with Crippen molar-refractivity contribution in [2.24, 2.45) is 0 Å². The molecule has 0 radical (unpaired) electrons. The quantitative estimate of drug-likeness (QED) is 0.862. The van der Waals surface area contributed by atoms with Crippen LogP contribution in [0.4, 0.5) is 0 Å². The van der Waals surface area contributed by atoms with Crippen LogP contribution in [0.3, 0.4) is 0 Å². The van der Waals surface area contributed by atoms with Gasteiger partial charge in [0.05, 0.1) is 23.5 Å². The van der Waals surface area contributed by atoms with E-state index in [0.29, 0.717) is 17.8 Å². The van der Waals surface area contributed by atoms with E-state index in [1.807, 2.05) is 39.0 Å². The van der Waals surface area contributed by atoms with Gasteiger partial charge in [0.25, 0.3) is 5.91 Å². The number of hydrogen-bond acceptors (Lipinski definition) is 3. The number of pyridine rings is 1. The predicted molar refractivity (Wildman–Crippen MR) is 68.2 cm³/mol. The molecular weight excluding hydrogens is 228 g/mol. The van der Waals surface area contributed by atoms with Gasteiger partial charge >= 0.3 is 0 Å². The van der Waals surface area contributed by atoms with Crippen molar-refractivity contribution < 1.29 is 4.79 Å². The van der Waals surface area contributed by atoms with Crippen molar-refractivity contribution in [2.75, 3.05) is 0 Å². The molecule has 18 heavy (non-hydrogen) atoms. The molecule has 0 fully saturated rings. The predicted octanol–water partition coefficient (Wildman–Crippen LogP) is 1.66. The van der Waals surface area contributed by atoms with Gasteiger partial charge in [-0.25, -0.2) is 0 Å². The zero-order chi connectivity index (χ0) is 13.1. The van der Waals surface area contributed by atoms with Crippen LogP contribution >= 0.6 is 0 Å². The van der Waals surface area contributed by atoms with Crippen molar-refractivity contribution >= 4 is 5.91 Å². The summed E-state index contributed by atoms with van der Waals surface area (Å²) in [5, 5.41) is 9.65. The first-order chi connectivity index (χ1) is 8.58. The third kappa shape index (κ3) is 2.56. The zero-order valence-electron chi connectivity index (χ0n) is 10.7. The van der Waals surface area contributed by atoms with Gasteiger partial charge in [-0.3, -0.25) is 14.9 Å². The fourth-order valence-electron chi connectivity index (χ4n) is 1.84. The van der Waals surface area contributed by atoms with E-state index in [4.69, 9.17) is 0 Å². The van der Waals surface area contributed by atoms with Crippen molar-refractivity contribution in [1.82, 2.24) is 20.5 Å². The highest BCUT2D eigenvalue weighted by Crippen LogP contribution is 2.09. The number of rotatable bonds is 3. The largest absolute Gasteiger partial charge is 0.346 e. The Balaban J connectivity index is 2.05. The number of aromatic amines is 1. The molecule has 2 rings (SSSR count). The van der Waals surface area contributed by atoms with E-state index in [-0.39, 0.29) is 5.91 Å². The molecule has 5 nitrogen and oxygen atoms in total. The Kier molecular flexibility index (Phi) is 3.41. The number of amides is 1. The minimum atomic E-state index is -0.123. The molecule has 0 bridgehead atoms. The molecular formula is C13H16N4O. The smallest absolute Gasteiger partial charge is 0.255 e. The van der Waals surface area contributed by atoms with Gasteiger partial charge in [0.2, 0.25) is 0 Å². The zero-order valence-corrected chi connectivity index (χ0v) is 10.7. The molecule has 2 heterocycles. The molecule has 5 heteroatoms. The number of carbonyl (C=O) groups is 1. The van der Waals surface area contributed by atoms with Crippen LogP contribution in [0.2, 0.25) is 0 Å². The molecule has 0 aliphatic carbocycles. The maximum Gasteiger partial charge on any atom is 0.255 e. The SMILES string of the molecule is Cc1cccc(CNC(=O)c2c(C)n[nH]c2C)n1. The fraction of sp³-hybridized carbons (Fsp3) is 0.308. The van der Waals surface area contributed by atoms with Crippen LogP contribution < -0.4 is 5.32 Å². The standard InChI is InChI=1S/C13H16N4O/c1-8-5-4-6-11(15-8)7-14-13(18)12-9(2)16-17-10(12)3/h4-6H,7H2,1-3H3,(H,14,18)(H,16,17). The van der Waals surface area contributed by atoms with Gasteiger partial charge in [-0.15, -0.1) is 0 Å². The van der Waals surface area contributed by atoms with E-state index in [1.165, 1.54) is 0 Å². The van der Waals surface area contributed by atoms with Crippen molar-refractivity contribution in [3.05, 3.63) is 46.5 Å². The number of aryl methyl sites for hydroxylation is 3. The second-order valence-corrected chi connectivity index (χ2v) is 4.26. The van der Waals surface area contributed by atoms with Crippen molar-refractivity contribution in [3.63, 3.8) is 0 Å². The van der Waals surface area contributed by atoms with Crippen molar-refractivity contribution in [3.8, 4) is 0 Å². The topological polar surface area (TPSA) is 70.7 Å². The van der Waals surface area contributed by atoms with Gasteiger partial charge in [-0.2, -0.15) is 5.10 Å². The third-order valence-electron chi connectivity index (χ3n) is 2.73. The minimum absolute atomic E-state index is 0.123. The van der Waals surface area contributed by atoms with Crippen LogP contribution in [-0.4, -0.2) is 21.1 Å². The molecule has 0 spiro atoms. The lowest BCUT2D eigenvalue weighted by Gasteiger charge is -2.05. The molecule has 0 saturated carbocycles. The summed E-state index contributed by atoms with van der Waals surface area (Å²) in [6.45, 7) is 5.99. The van der Waals surface area contributed by atoms with Crippen LogP contribution in [0.1, 0.15) is 33.1 Å². The fourth-order valence-corrected chi connectivity index (χ4v) is 1.84. The molecule has 1 amide bonds. The molecule has 2 aromatic rings. The highest BCUT2D eigenvalue weighted by atomic mass is 16.1. The van der Waals surface area contributed by atoms with Crippen LogP contribution in [0.15, 0.2) is 18.2 Å². The summed E-state index contributed by atoms with van der Waals surface area (Å²) < 4.78 is 0. The average Bonchev–Trinajstić information content (AvgIpc) is 2.66. The summed E-state index contributed by atoms with van der Waals surface area (Å²) in [5.41, 5.74) is 3.90. The lowest BCUT2D eigenvalue weighted by molar-refractivity contribution is 0.0949. The van der Waals surface area contributed by atoms with E-state index in [2.05, 4.69) is 20.5 Å². The second-order valence-electron chi connectivity index (χ2n) is 4.26. The van der Waals surface area contributed by atoms with Gasteiger partial charge in [-0.05, 0) is 32.9 Å². The number of aromatic nitrogens is 3. The monoisotopic (exact) mass is 244 g/mol. The first-order valence-electron chi connectivity index (χ1n) is 5.80. The molecule has 0 atom stereocenters. The Morgan fingerprint density at radius 2 is 2.11 bits per heavy atom. The normalized spacial score (nSPS) is 10.4. The molecule has 2 aromatic heterocycles. The number of nitrogens with one attached hydrogen (secondary N) is 2. The number of hydrogen-bond donors (Lipinski definition) is 2. The van der Waals surface area contributed by atoms with Crippen molar-refractivity contribution in [2.45, 2.75) is 27.3 Å². The number of nitrogens with zero attached hydrogens (tertiary/aromatic N) is 2. The lowest BCUT2D eigenvalue weighted by Crippen LogP contribution is -2.24. The van der Waals surface area contributed by atoms with Gasteiger partial charge in [0, 0.05) is 11.4 Å². The van der Waals surface area contributed by atoms with Gasteiger partial charge in [0.1, 0.15) is 0 Å². The Hall–Kier alpha value is -2.17. The lowest BCUT2D eigenvalue weighted by atomic mass is 10.2. The minimum Gasteiger partial charge on any atom is -0.346 e. The van der Waals surface area contributed by atoms with Crippen LogP contribution in [0.25, 0.3) is 0 Å². The first kappa shape index (κ1) is 12.3. The second kappa shape index (κ2) is 5.00. The summed E-state index contributed by atoms with van der Waals surface area (Å²) in [6.07, 6.45) is 0. The number of carbonyl (C=O) groups excluding carboxylic acids is 1. The summed E-state index contributed by atoms with van der Waals surface area (Å²) in [6, 6.07) is 5.75. The Morgan fingerprint density at radius 1 is 1.33 bits per heavy atom.